The lowest BCUT2D eigenvalue weighted by Crippen LogP contribution is -2.60. The number of nitrogens with zero attached hydrogens (tertiary/aromatic N) is 5. The third kappa shape index (κ3) is 4.20. The summed E-state index contributed by atoms with van der Waals surface area (Å²) in [6.45, 7) is 6.56. The van der Waals surface area contributed by atoms with Crippen LogP contribution in [0.2, 0.25) is 0 Å². The van der Waals surface area contributed by atoms with Gasteiger partial charge in [-0.15, -0.1) is 0 Å². The molecule has 2 amide bonds. The van der Waals surface area contributed by atoms with Gasteiger partial charge in [0.1, 0.15) is 5.69 Å². The molecule has 2 aromatic rings. The second-order valence-corrected chi connectivity index (χ2v) is 8.60. The van der Waals surface area contributed by atoms with Crippen molar-refractivity contribution in [1.29, 1.82) is 0 Å². The highest BCUT2D eigenvalue weighted by Crippen LogP contribution is 2.45. The molecule has 0 saturated heterocycles. The normalized spacial score (nSPS) is 22.9. The van der Waals surface area contributed by atoms with Gasteiger partial charge in [0, 0.05) is 43.1 Å². The molecule has 1 aromatic carbocycles. The third-order valence-corrected chi connectivity index (χ3v) is 6.45. The van der Waals surface area contributed by atoms with E-state index >= 15 is 0 Å². The van der Waals surface area contributed by atoms with Crippen molar-refractivity contribution >= 4 is 17.7 Å². The molecule has 168 valence electrons. The average Bonchev–Trinajstić information content (AvgIpc) is 3.19. The first kappa shape index (κ1) is 22.9. The summed E-state index contributed by atoms with van der Waals surface area (Å²) in [6.07, 6.45) is 0.223. The molecule has 0 bridgehead atoms. The van der Waals surface area contributed by atoms with Crippen molar-refractivity contribution in [1.82, 2.24) is 24.4 Å². The van der Waals surface area contributed by atoms with Gasteiger partial charge in [-0.1, -0.05) is 5.16 Å². The Morgan fingerprint density at radius 1 is 1.32 bits per heavy atom. The number of hydrogen-bond acceptors (Lipinski definition) is 6. The first-order chi connectivity index (χ1) is 14.6. The van der Waals surface area contributed by atoms with Crippen molar-refractivity contribution in [2.24, 2.45) is 0 Å². The molecule has 1 N–H and O–H groups in total. The Morgan fingerprint density at radius 2 is 2.03 bits per heavy atom. The lowest BCUT2D eigenvalue weighted by molar-refractivity contribution is -0.129. The zero-order valence-corrected chi connectivity index (χ0v) is 19.1. The van der Waals surface area contributed by atoms with Gasteiger partial charge in [-0.3, -0.25) is 0 Å². The van der Waals surface area contributed by atoms with Crippen molar-refractivity contribution in [2.45, 2.75) is 45.7 Å². The van der Waals surface area contributed by atoms with Crippen LogP contribution in [-0.4, -0.2) is 77.3 Å². The average molecular weight is 431 g/mol. The maximum Gasteiger partial charge on any atom is 0.407 e. The van der Waals surface area contributed by atoms with Crippen molar-refractivity contribution in [3.63, 3.8) is 0 Å². The fourth-order valence-corrected chi connectivity index (χ4v) is 4.34. The van der Waals surface area contributed by atoms with Crippen molar-refractivity contribution in [3.8, 4) is 11.4 Å². The quantitative estimate of drug-likeness (QED) is 0.703. The highest BCUT2D eigenvalue weighted by atomic mass is 16.5. The molecule has 1 aliphatic heterocycles. The Bertz CT molecular complexity index is 973. The Morgan fingerprint density at radius 3 is 2.61 bits per heavy atom. The van der Waals surface area contributed by atoms with Crippen molar-refractivity contribution < 1.29 is 19.2 Å². The Hall–Kier alpha value is -2.78. The summed E-state index contributed by atoms with van der Waals surface area (Å²) in [5.41, 5.74) is 2.38. The van der Waals surface area contributed by atoms with Gasteiger partial charge < -0.3 is 19.4 Å². The van der Waals surface area contributed by atoms with Crippen LogP contribution in [0.4, 0.5) is 10.5 Å². The molecule has 1 unspecified atom stereocenters. The number of benzene rings is 1. The van der Waals surface area contributed by atoms with E-state index < -0.39 is 6.09 Å². The summed E-state index contributed by atoms with van der Waals surface area (Å²) < 4.78 is 5.52. The largest absolute Gasteiger partial charge is 0.465 e. The van der Waals surface area contributed by atoms with Crippen LogP contribution in [0.1, 0.15) is 44.7 Å². The number of carbonyl (C=O) groups is 2. The summed E-state index contributed by atoms with van der Waals surface area (Å²) in [5.74, 6) is 1.03. The Balaban J connectivity index is 2.08. The smallest absolute Gasteiger partial charge is 0.407 e. The van der Waals surface area contributed by atoms with Gasteiger partial charge in [0.05, 0.1) is 26.1 Å². The number of likely N-dealkylation sites (N-methyl/N-ethyl adjacent to an activating group) is 1. The van der Waals surface area contributed by atoms with Crippen molar-refractivity contribution in [2.75, 3.05) is 34.2 Å². The number of carbonyl (C=O) groups excluding carboxylic acids is 1. The SMILES string of the molecule is CCN(C(=O)O)[C@@H]1C[C@H](C)[N+](C)(C(C)=O)c2ccc(-c3noc(CCN(C)C)n3)cc21. The van der Waals surface area contributed by atoms with Crippen LogP contribution in [0.25, 0.3) is 11.4 Å². The van der Waals surface area contributed by atoms with Crippen LogP contribution in [0.5, 0.6) is 0 Å². The number of rotatable bonds is 6. The zero-order valence-electron chi connectivity index (χ0n) is 19.1. The molecule has 9 heteroatoms. The second kappa shape index (κ2) is 8.76. The minimum Gasteiger partial charge on any atom is -0.465 e. The third-order valence-electron chi connectivity index (χ3n) is 6.45. The van der Waals surface area contributed by atoms with E-state index in [1.165, 1.54) is 4.90 Å². The minimum atomic E-state index is -0.972. The van der Waals surface area contributed by atoms with Gasteiger partial charge >= 0.3 is 12.0 Å². The summed E-state index contributed by atoms with van der Waals surface area (Å²) >= 11 is 0. The molecule has 31 heavy (non-hydrogen) atoms. The summed E-state index contributed by atoms with van der Waals surface area (Å²) in [6, 6.07) is 5.29. The standard InChI is InChI=1S/C22H31N5O4/c1-7-26(22(29)30)18-12-14(2)27(6,15(3)28)19-9-8-16(13-17(18)19)21-23-20(31-24-21)10-11-25(4)5/h8-9,13-14,18H,7,10-12H2,1-6H3/p+1/t14-,18+,27?/m0/s1. The highest BCUT2D eigenvalue weighted by molar-refractivity contribution is 5.89. The number of quaternary nitrogens is 1. The van der Waals surface area contributed by atoms with E-state index in [0.717, 1.165) is 23.4 Å². The van der Waals surface area contributed by atoms with Gasteiger partial charge in [-0.2, -0.15) is 4.98 Å². The summed E-state index contributed by atoms with van der Waals surface area (Å²) in [5, 5.41) is 13.9. The lowest BCUT2D eigenvalue weighted by Gasteiger charge is -2.45. The number of amides is 2. The fourth-order valence-electron chi connectivity index (χ4n) is 4.34. The molecule has 3 atom stereocenters. The van der Waals surface area contributed by atoms with Crippen LogP contribution >= 0.6 is 0 Å². The molecule has 0 aliphatic carbocycles. The van der Waals surface area contributed by atoms with E-state index in [1.807, 2.05) is 58.1 Å². The zero-order chi connectivity index (χ0) is 22.9. The summed E-state index contributed by atoms with van der Waals surface area (Å²) in [7, 11) is 5.86. The monoisotopic (exact) mass is 430 g/mol. The van der Waals surface area contributed by atoms with Crippen LogP contribution in [-0.2, 0) is 11.2 Å². The maximum atomic E-state index is 12.7. The molecule has 0 saturated carbocycles. The summed E-state index contributed by atoms with van der Waals surface area (Å²) in [4.78, 5) is 32.6. The van der Waals surface area contributed by atoms with Gasteiger partial charge in [-0.25, -0.2) is 14.1 Å². The molecule has 9 nitrogen and oxygen atoms in total. The fraction of sp³-hybridized carbons (Fsp3) is 0.545. The van der Waals surface area contributed by atoms with E-state index in [9.17, 15) is 14.7 Å². The Kier molecular flexibility index (Phi) is 6.47. The highest BCUT2D eigenvalue weighted by Gasteiger charge is 2.47. The molecule has 0 radical (unpaired) electrons. The van der Waals surface area contributed by atoms with Crippen LogP contribution in [0.15, 0.2) is 22.7 Å². The molecule has 1 aromatic heterocycles. The van der Waals surface area contributed by atoms with Crippen LogP contribution in [0.3, 0.4) is 0 Å². The molecule has 3 rings (SSSR count). The first-order valence-electron chi connectivity index (χ1n) is 10.6. The Labute approximate surface area is 182 Å². The van der Waals surface area contributed by atoms with Gasteiger partial charge in [0.15, 0.2) is 0 Å². The van der Waals surface area contributed by atoms with E-state index in [-0.39, 0.29) is 22.5 Å². The topological polar surface area (TPSA) is 99.8 Å². The van der Waals surface area contributed by atoms with Gasteiger partial charge in [0.25, 0.3) is 0 Å². The molecular weight excluding hydrogens is 398 g/mol. The molecular formula is C22H32N5O4+. The maximum absolute atomic E-state index is 12.7. The molecule has 2 heterocycles. The minimum absolute atomic E-state index is 0.0175. The predicted molar refractivity (Wildman–Crippen MR) is 118 cm³/mol. The van der Waals surface area contributed by atoms with Gasteiger partial charge in [0.2, 0.25) is 11.7 Å². The first-order valence-corrected chi connectivity index (χ1v) is 10.6. The number of fused-ring (bicyclic) bond motifs is 1. The number of aromatic nitrogens is 2. The van der Waals surface area contributed by atoms with E-state index in [2.05, 4.69) is 10.1 Å². The van der Waals surface area contributed by atoms with Crippen LogP contribution < -0.4 is 4.48 Å². The molecule has 1 aliphatic rings. The van der Waals surface area contributed by atoms with E-state index in [1.54, 1.807) is 6.92 Å². The molecule has 0 spiro atoms. The van der Waals surface area contributed by atoms with Crippen LogP contribution in [0, 0.1) is 0 Å². The van der Waals surface area contributed by atoms with E-state index in [0.29, 0.717) is 31.1 Å². The molecule has 0 fully saturated rings. The van der Waals surface area contributed by atoms with E-state index in [4.69, 9.17) is 4.52 Å². The predicted octanol–water partition coefficient (Wildman–Crippen LogP) is 3.16. The second-order valence-electron chi connectivity index (χ2n) is 8.60. The number of carboxylic acid groups (broad SMARTS) is 1. The lowest BCUT2D eigenvalue weighted by atomic mass is 9.87. The number of hydrogen-bond donors (Lipinski definition) is 1. The van der Waals surface area contributed by atoms with Gasteiger partial charge in [-0.05, 0) is 40.1 Å². The van der Waals surface area contributed by atoms with Crippen molar-refractivity contribution in [3.05, 3.63) is 29.7 Å².